The molecule has 3 rings (SSSR count). The predicted octanol–water partition coefficient (Wildman–Crippen LogP) is 1.81. The second-order valence-electron chi connectivity index (χ2n) is 5.18. The van der Waals surface area contributed by atoms with Crippen LogP contribution in [0.1, 0.15) is 22.0 Å². The number of rotatable bonds is 3. The molecule has 1 saturated heterocycles. The number of para-hydroxylation sites is 1. The van der Waals surface area contributed by atoms with Gasteiger partial charge in [0, 0.05) is 16.8 Å². The van der Waals surface area contributed by atoms with Crippen LogP contribution in [0.4, 0.5) is 5.69 Å². The average Bonchev–Trinajstić information content (AvgIpc) is 2.56. The van der Waals surface area contributed by atoms with Crippen LogP contribution in [0.15, 0.2) is 48.5 Å². The molecule has 1 aliphatic rings. The van der Waals surface area contributed by atoms with E-state index in [1.165, 1.54) is 6.07 Å². The monoisotopic (exact) mass is 331 g/mol. The molecular weight excluding hydrogens is 318 g/mol. The number of carbonyl (C=O) groups excluding carboxylic acids is 2. The van der Waals surface area contributed by atoms with Crippen molar-refractivity contribution in [3.63, 3.8) is 0 Å². The maximum Gasteiger partial charge on any atom is 0.269 e. The van der Waals surface area contributed by atoms with Gasteiger partial charge >= 0.3 is 0 Å². The van der Waals surface area contributed by atoms with Crippen molar-refractivity contribution in [1.29, 1.82) is 0 Å². The minimum Gasteiger partial charge on any atom is -0.508 e. The molecule has 0 aromatic heterocycles. The van der Waals surface area contributed by atoms with Crippen LogP contribution in [0.25, 0.3) is 0 Å². The fourth-order valence-electron chi connectivity index (χ4n) is 2.42. The first-order valence-electron chi connectivity index (χ1n) is 6.90. The molecule has 2 aromatic carbocycles. The third kappa shape index (κ3) is 2.68. The minimum absolute atomic E-state index is 0.0161. The van der Waals surface area contributed by atoms with Crippen molar-refractivity contribution in [2.45, 2.75) is 11.4 Å². The Kier molecular flexibility index (Phi) is 3.83. The summed E-state index contributed by atoms with van der Waals surface area (Å²) < 4.78 is 0. The van der Waals surface area contributed by atoms with Gasteiger partial charge in [0.05, 0.1) is 0 Å². The molecule has 23 heavy (non-hydrogen) atoms. The first-order chi connectivity index (χ1) is 11.0. The summed E-state index contributed by atoms with van der Waals surface area (Å²) in [7, 11) is 0. The number of nitrogens with one attached hydrogen (secondary N) is 1. The Labute approximate surface area is 137 Å². The Morgan fingerprint density at radius 2 is 1.83 bits per heavy atom. The first kappa shape index (κ1) is 15.2. The fourth-order valence-corrected chi connectivity index (χ4v) is 2.77. The summed E-state index contributed by atoms with van der Waals surface area (Å²) in [4.78, 5) is 24.2. The van der Waals surface area contributed by atoms with Crippen LogP contribution in [-0.4, -0.2) is 27.3 Å². The molecule has 1 aliphatic heterocycles. The lowest BCUT2D eigenvalue weighted by Crippen LogP contribution is -2.63. The number of nitrogens with zero attached hydrogens (tertiary/aromatic N) is 1. The van der Waals surface area contributed by atoms with E-state index in [0.717, 1.165) is 5.01 Å². The van der Waals surface area contributed by atoms with Crippen molar-refractivity contribution in [3.05, 3.63) is 59.7 Å². The largest absolute Gasteiger partial charge is 0.508 e. The number of aromatic hydroxyl groups is 1. The molecule has 0 saturated carbocycles. The normalized spacial score (nSPS) is 20.0. The van der Waals surface area contributed by atoms with Crippen molar-refractivity contribution in [2.75, 3.05) is 5.73 Å². The van der Waals surface area contributed by atoms with Gasteiger partial charge in [0.1, 0.15) is 17.2 Å². The summed E-state index contributed by atoms with van der Waals surface area (Å²) in [6.45, 7) is 0. The van der Waals surface area contributed by atoms with E-state index in [-0.39, 0.29) is 5.75 Å². The van der Waals surface area contributed by atoms with Crippen LogP contribution in [-0.2, 0) is 4.79 Å². The molecule has 2 amide bonds. The van der Waals surface area contributed by atoms with Gasteiger partial charge in [0.15, 0.2) is 0 Å². The van der Waals surface area contributed by atoms with E-state index in [1.807, 2.05) is 0 Å². The molecule has 118 valence electrons. The average molecular weight is 332 g/mol. The van der Waals surface area contributed by atoms with Crippen LogP contribution in [0.2, 0.25) is 0 Å². The lowest BCUT2D eigenvalue weighted by Gasteiger charge is -2.44. The van der Waals surface area contributed by atoms with Crippen molar-refractivity contribution in [3.8, 4) is 5.75 Å². The number of nitrogens with two attached hydrogens (primary N) is 1. The van der Waals surface area contributed by atoms with E-state index < -0.39 is 23.2 Å². The zero-order chi connectivity index (χ0) is 16.6. The molecule has 1 fully saturated rings. The first-order valence-corrected chi connectivity index (χ1v) is 7.34. The summed E-state index contributed by atoms with van der Waals surface area (Å²) in [6, 6.07) is 12.2. The second kappa shape index (κ2) is 5.81. The van der Waals surface area contributed by atoms with Crippen molar-refractivity contribution >= 4 is 29.1 Å². The van der Waals surface area contributed by atoms with E-state index in [0.29, 0.717) is 16.8 Å². The molecule has 0 radical (unpaired) electrons. The number of benzene rings is 2. The molecule has 7 heteroatoms. The molecule has 0 unspecified atom stereocenters. The van der Waals surface area contributed by atoms with Gasteiger partial charge in [-0.2, -0.15) is 0 Å². The van der Waals surface area contributed by atoms with E-state index in [2.05, 4.69) is 5.43 Å². The minimum atomic E-state index is -0.838. The van der Waals surface area contributed by atoms with E-state index in [1.54, 1.807) is 42.5 Å². The highest BCUT2D eigenvalue weighted by Crippen LogP contribution is 2.40. The van der Waals surface area contributed by atoms with Crippen molar-refractivity contribution in [1.82, 2.24) is 10.4 Å². The lowest BCUT2D eigenvalue weighted by molar-refractivity contribution is -0.149. The third-order valence-electron chi connectivity index (χ3n) is 3.68. The Hall–Kier alpha value is -2.73. The second-order valence-corrected chi connectivity index (χ2v) is 5.65. The Bertz CT molecular complexity index is 763. The number of phenolic OH excluding ortho intramolecular Hbond substituents is 1. The van der Waals surface area contributed by atoms with Gasteiger partial charge in [-0.05, 0) is 30.3 Å². The summed E-state index contributed by atoms with van der Waals surface area (Å²) >= 11 is 6.05. The number of halogens is 1. The maximum absolute atomic E-state index is 12.2. The SMILES string of the molecule is Nc1ccc(C(=O)NN2C(=O)[C@H](Cl)[C@@H]2c2ccccc2O)cc1. The number of anilines is 1. The van der Waals surface area contributed by atoms with Gasteiger partial charge < -0.3 is 10.8 Å². The number of carbonyl (C=O) groups is 2. The standard InChI is InChI=1S/C16H14ClN3O3/c17-13-14(11-3-1-2-4-12(11)21)20(16(13)23)19-15(22)9-5-7-10(18)8-6-9/h1-8,13-14,21H,18H2,(H,19,22)/t13-,14+/m1/s1. The molecule has 2 aromatic rings. The van der Waals surface area contributed by atoms with Crippen LogP contribution < -0.4 is 11.2 Å². The quantitative estimate of drug-likeness (QED) is 0.454. The molecule has 1 heterocycles. The molecule has 0 spiro atoms. The molecule has 6 nitrogen and oxygen atoms in total. The lowest BCUT2D eigenvalue weighted by atomic mass is 9.94. The topological polar surface area (TPSA) is 95.7 Å². The zero-order valence-electron chi connectivity index (χ0n) is 11.9. The van der Waals surface area contributed by atoms with Gasteiger partial charge in [-0.25, -0.2) is 5.01 Å². The Morgan fingerprint density at radius 3 is 2.48 bits per heavy atom. The smallest absolute Gasteiger partial charge is 0.269 e. The Morgan fingerprint density at radius 1 is 1.17 bits per heavy atom. The van der Waals surface area contributed by atoms with E-state index in [4.69, 9.17) is 17.3 Å². The van der Waals surface area contributed by atoms with Gasteiger partial charge in [-0.1, -0.05) is 18.2 Å². The molecule has 2 atom stereocenters. The highest BCUT2D eigenvalue weighted by atomic mass is 35.5. The fraction of sp³-hybridized carbons (Fsp3) is 0.125. The Balaban J connectivity index is 1.81. The number of nitrogen functional groups attached to an aromatic ring is 1. The van der Waals surface area contributed by atoms with E-state index in [9.17, 15) is 14.7 Å². The van der Waals surface area contributed by atoms with Crippen molar-refractivity contribution < 1.29 is 14.7 Å². The van der Waals surface area contributed by atoms with Crippen molar-refractivity contribution in [2.24, 2.45) is 0 Å². The number of hydrazine groups is 1. The van der Waals surface area contributed by atoms with E-state index >= 15 is 0 Å². The number of hydrogen-bond acceptors (Lipinski definition) is 4. The van der Waals surface area contributed by atoms with Crippen LogP contribution >= 0.6 is 11.6 Å². The highest BCUT2D eigenvalue weighted by molar-refractivity contribution is 6.33. The number of β-lactam (4-membered cyclic amide) rings is 1. The van der Waals surface area contributed by atoms with Gasteiger partial charge in [-0.3, -0.25) is 15.0 Å². The molecule has 0 bridgehead atoms. The maximum atomic E-state index is 12.2. The molecule has 0 aliphatic carbocycles. The summed E-state index contributed by atoms with van der Waals surface area (Å²) in [5, 5.41) is 10.2. The molecule has 4 N–H and O–H groups in total. The van der Waals surface area contributed by atoms with Gasteiger partial charge in [0.2, 0.25) is 0 Å². The number of hydrogen-bond donors (Lipinski definition) is 3. The highest BCUT2D eigenvalue weighted by Gasteiger charge is 2.49. The number of phenols is 1. The van der Waals surface area contributed by atoms with Crippen LogP contribution in [0.5, 0.6) is 5.75 Å². The summed E-state index contributed by atoms with van der Waals surface area (Å²) in [5.41, 5.74) is 9.47. The zero-order valence-corrected chi connectivity index (χ0v) is 12.7. The summed E-state index contributed by atoms with van der Waals surface area (Å²) in [6.07, 6.45) is 0. The summed E-state index contributed by atoms with van der Waals surface area (Å²) in [5.74, 6) is -0.867. The number of alkyl halides is 1. The van der Waals surface area contributed by atoms with Crippen LogP contribution in [0, 0.1) is 0 Å². The van der Waals surface area contributed by atoms with Crippen LogP contribution in [0.3, 0.4) is 0 Å². The molecular formula is C16H14ClN3O3. The van der Waals surface area contributed by atoms with Gasteiger partial charge in [-0.15, -0.1) is 11.6 Å². The van der Waals surface area contributed by atoms with Gasteiger partial charge in [0.25, 0.3) is 11.8 Å². The predicted molar refractivity (Wildman–Crippen MR) is 85.7 cm³/mol. The number of amides is 2. The third-order valence-corrected chi connectivity index (χ3v) is 4.10.